The number of rotatable bonds is 6. The Labute approximate surface area is 189 Å². The summed E-state index contributed by atoms with van der Waals surface area (Å²) < 4.78 is 32.6. The molecule has 2 aromatic rings. The second-order valence-corrected chi connectivity index (χ2v) is 11.2. The van der Waals surface area contributed by atoms with Crippen LogP contribution in [0.15, 0.2) is 34.0 Å². The van der Waals surface area contributed by atoms with Crippen LogP contribution in [0.4, 0.5) is 10.5 Å². The lowest BCUT2D eigenvalue weighted by molar-refractivity contribution is 0.0779. The number of sulfonamides is 1. The third-order valence-electron chi connectivity index (χ3n) is 6.92. The van der Waals surface area contributed by atoms with Gasteiger partial charge in [0, 0.05) is 17.3 Å². The van der Waals surface area contributed by atoms with E-state index in [-0.39, 0.29) is 5.92 Å². The van der Waals surface area contributed by atoms with Gasteiger partial charge in [0.25, 0.3) is 10.0 Å². The number of fused-ring (bicyclic) bond motifs is 1. The molecule has 3 N–H and O–H groups in total. The first-order chi connectivity index (χ1) is 15.1. The summed E-state index contributed by atoms with van der Waals surface area (Å²) in [6.07, 6.45) is 8.87. The highest BCUT2D eigenvalue weighted by Crippen LogP contribution is 2.42. The van der Waals surface area contributed by atoms with Crippen LogP contribution in [0.2, 0.25) is 0 Å². The van der Waals surface area contributed by atoms with Crippen molar-refractivity contribution in [1.29, 1.82) is 0 Å². The number of anilines is 1. The number of amides is 2. The predicted molar refractivity (Wildman–Crippen MR) is 122 cm³/mol. The third-order valence-corrected chi connectivity index (χ3v) is 8.12. The van der Waals surface area contributed by atoms with Crippen molar-refractivity contribution in [2.24, 2.45) is 5.92 Å². The van der Waals surface area contributed by atoms with E-state index < -0.39 is 26.7 Å². The Morgan fingerprint density at radius 3 is 2.56 bits per heavy atom. The molecule has 1 aromatic carbocycles. The molecule has 0 bridgehead atoms. The molecule has 1 heterocycles. The molecular formula is C24H32N2O5S. The summed E-state index contributed by atoms with van der Waals surface area (Å²) in [5.74, 6) is 0.861. The summed E-state index contributed by atoms with van der Waals surface area (Å²) in [7, 11) is -4.22. The van der Waals surface area contributed by atoms with Gasteiger partial charge in [-0.05, 0) is 74.5 Å². The van der Waals surface area contributed by atoms with Crippen molar-refractivity contribution in [1.82, 2.24) is 4.72 Å². The largest absolute Gasteiger partial charge is 0.451 e. The average Bonchev–Trinajstić information content (AvgIpc) is 3.47. The number of benzene rings is 1. The minimum Gasteiger partial charge on any atom is -0.451 e. The van der Waals surface area contributed by atoms with Gasteiger partial charge in [-0.25, -0.2) is 9.52 Å². The first-order valence-corrected chi connectivity index (χ1v) is 12.8. The fourth-order valence-corrected chi connectivity index (χ4v) is 5.87. The topological polar surface area (TPSA) is 109 Å². The zero-order chi connectivity index (χ0) is 23.1. The fraction of sp³-hybridized carbons (Fsp3) is 0.542. The Bertz CT molecular complexity index is 1110. The monoisotopic (exact) mass is 460 g/mol. The van der Waals surface area contributed by atoms with E-state index in [4.69, 9.17) is 4.42 Å². The number of hydrogen-bond donors (Lipinski definition) is 3. The predicted octanol–water partition coefficient (Wildman–Crippen LogP) is 4.80. The van der Waals surface area contributed by atoms with E-state index in [9.17, 15) is 18.3 Å². The molecule has 1 aromatic heterocycles. The molecule has 1 unspecified atom stereocenters. The fourth-order valence-electron chi connectivity index (χ4n) is 5.01. The first-order valence-electron chi connectivity index (χ1n) is 11.4. The number of aryl methyl sites for hydroxylation is 1. The number of furan rings is 1. The van der Waals surface area contributed by atoms with Crippen molar-refractivity contribution in [3.05, 3.63) is 46.7 Å². The summed E-state index contributed by atoms with van der Waals surface area (Å²) >= 11 is 0. The van der Waals surface area contributed by atoms with E-state index in [1.54, 1.807) is 0 Å². The van der Waals surface area contributed by atoms with E-state index >= 15 is 0 Å². The van der Waals surface area contributed by atoms with Crippen molar-refractivity contribution in [3.63, 3.8) is 0 Å². The van der Waals surface area contributed by atoms with Gasteiger partial charge in [0.15, 0.2) is 0 Å². The molecule has 7 nitrogen and oxygen atoms in total. The van der Waals surface area contributed by atoms with Crippen LogP contribution in [0.3, 0.4) is 0 Å². The van der Waals surface area contributed by atoms with Gasteiger partial charge >= 0.3 is 6.03 Å². The van der Waals surface area contributed by atoms with Crippen LogP contribution in [0.1, 0.15) is 81.0 Å². The highest BCUT2D eigenvalue weighted by Gasteiger charge is 2.30. The molecule has 1 fully saturated rings. The van der Waals surface area contributed by atoms with E-state index in [1.807, 2.05) is 0 Å². The van der Waals surface area contributed by atoms with Crippen molar-refractivity contribution < 1.29 is 22.7 Å². The SMILES string of the molecule is CC(c1ccc2c(c1NC(=O)NS(=O)(=O)c1cc(C(C)(C)O)co1)CCC2)C1CCCC1. The lowest BCUT2D eigenvalue weighted by atomic mass is 9.84. The van der Waals surface area contributed by atoms with Gasteiger partial charge in [0.1, 0.15) is 0 Å². The maximum Gasteiger partial charge on any atom is 0.333 e. The van der Waals surface area contributed by atoms with Crippen LogP contribution < -0.4 is 10.0 Å². The van der Waals surface area contributed by atoms with Crippen LogP contribution >= 0.6 is 0 Å². The first kappa shape index (κ1) is 22.9. The number of urea groups is 1. The highest BCUT2D eigenvalue weighted by atomic mass is 32.2. The zero-order valence-electron chi connectivity index (χ0n) is 18.9. The quantitative estimate of drug-likeness (QED) is 0.574. The van der Waals surface area contributed by atoms with E-state index in [2.05, 4.69) is 29.1 Å². The molecular weight excluding hydrogens is 428 g/mol. The summed E-state index contributed by atoms with van der Waals surface area (Å²) in [5, 5.41) is 12.5. The number of aliphatic hydroxyl groups is 1. The Balaban J connectivity index is 1.57. The van der Waals surface area contributed by atoms with E-state index in [0.29, 0.717) is 11.5 Å². The van der Waals surface area contributed by atoms with E-state index in [0.717, 1.165) is 36.1 Å². The lowest BCUT2D eigenvalue weighted by Crippen LogP contribution is -2.35. The Morgan fingerprint density at radius 2 is 1.91 bits per heavy atom. The van der Waals surface area contributed by atoms with Crippen LogP contribution in [0, 0.1) is 5.92 Å². The Kier molecular flexibility index (Phi) is 6.11. The van der Waals surface area contributed by atoms with Crippen molar-refractivity contribution in [3.8, 4) is 0 Å². The average molecular weight is 461 g/mol. The van der Waals surface area contributed by atoms with Gasteiger partial charge < -0.3 is 14.8 Å². The third kappa shape index (κ3) is 4.57. The van der Waals surface area contributed by atoms with Crippen LogP contribution in [-0.2, 0) is 28.5 Å². The number of hydrogen-bond acceptors (Lipinski definition) is 5. The smallest absolute Gasteiger partial charge is 0.333 e. The maximum absolute atomic E-state index is 12.8. The maximum atomic E-state index is 12.8. The van der Waals surface area contributed by atoms with Gasteiger partial charge in [-0.3, -0.25) is 0 Å². The summed E-state index contributed by atoms with van der Waals surface area (Å²) in [5.41, 5.74) is 3.21. The van der Waals surface area contributed by atoms with Crippen LogP contribution in [-0.4, -0.2) is 19.6 Å². The molecule has 1 atom stereocenters. The molecule has 0 radical (unpaired) electrons. The summed E-state index contributed by atoms with van der Waals surface area (Å²) in [4.78, 5) is 12.8. The highest BCUT2D eigenvalue weighted by molar-refractivity contribution is 7.89. The van der Waals surface area contributed by atoms with Gasteiger partial charge in [0.2, 0.25) is 5.09 Å². The number of carbonyl (C=O) groups is 1. The Morgan fingerprint density at radius 1 is 1.19 bits per heavy atom. The van der Waals surface area contributed by atoms with Gasteiger partial charge in [-0.2, -0.15) is 8.42 Å². The van der Waals surface area contributed by atoms with Gasteiger partial charge in [-0.15, -0.1) is 0 Å². The van der Waals surface area contributed by atoms with Crippen molar-refractivity contribution >= 4 is 21.7 Å². The molecule has 8 heteroatoms. The minimum absolute atomic E-state index is 0.287. The number of carbonyl (C=O) groups excluding carboxylic acids is 1. The molecule has 2 amide bonds. The molecule has 2 aliphatic carbocycles. The molecule has 1 saturated carbocycles. The molecule has 0 saturated heterocycles. The molecule has 2 aliphatic rings. The van der Waals surface area contributed by atoms with Crippen molar-refractivity contribution in [2.45, 2.75) is 82.3 Å². The summed E-state index contributed by atoms with van der Waals surface area (Å²) in [6.45, 7) is 5.25. The zero-order valence-corrected chi connectivity index (χ0v) is 19.7. The molecule has 32 heavy (non-hydrogen) atoms. The lowest BCUT2D eigenvalue weighted by Gasteiger charge is -2.24. The van der Waals surface area contributed by atoms with Gasteiger partial charge in [-0.1, -0.05) is 31.9 Å². The second-order valence-electron chi connectivity index (χ2n) is 9.63. The minimum atomic E-state index is -4.22. The molecule has 0 spiro atoms. The molecule has 174 valence electrons. The standard InChI is InChI=1S/C24H32N2O5S/c1-15(16-7-4-5-8-16)19-12-11-17-9-6-10-20(17)22(19)25-23(27)26-32(29,30)21-13-18(14-31-21)24(2,3)28/h11-16,28H,4-10H2,1-3H3,(H2,25,26,27). The molecule has 0 aliphatic heterocycles. The van der Waals surface area contributed by atoms with Crippen LogP contribution in [0.25, 0.3) is 0 Å². The summed E-state index contributed by atoms with van der Waals surface area (Å²) in [6, 6.07) is 4.67. The van der Waals surface area contributed by atoms with Crippen molar-refractivity contribution in [2.75, 3.05) is 5.32 Å². The van der Waals surface area contributed by atoms with Gasteiger partial charge in [0.05, 0.1) is 11.9 Å². The number of nitrogens with one attached hydrogen (secondary N) is 2. The Hall–Kier alpha value is -2.32. The second kappa shape index (κ2) is 8.56. The van der Waals surface area contributed by atoms with Crippen LogP contribution in [0.5, 0.6) is 0 Å². The van der Waals surface area contributed by atoms with E-state index in [1.165, 1.54) is 57.4 Å². The normalized spacial score (nSPS) is 17.9. The molecule has 4 rings (SSSR count).